The minimum Gasteiger partial charge on any atom is -0.506 e. The second-order valence-corrected chi connectivity index (χ2v) is 15.6. The number of rotatable bonds is 11. The molecular formula is C38H54N4O4. The summed E-state index contributed by atoms with van der Waals surface area (Å²) >= 11 is 0. The van der Waals surface area contributed by atoms with Crippen LogP contribution >= 0.6 is 0 Å². The Labute approximate surface area is 275 Å². The molecule has 3 aliphatic carbocycles. The first-order valence-corrected chi connectivity index (χ1v) is 17.6. The Morgan fingerprint density at radius 2 is 1.50 bits per heavy atom. The number of hydrogen-bond donors (Lipinski definition) is 2. The quantitative estimate of drug-likeness (QED) is 0.240. The third-order valence-electron chi connectivity index (χ3n) is 10.8. The van der Waals surface area contributed by atoms with E-state index in [1.165, 1.54) is 56.4 Å². The summed E-state index contributed by atoms with van der Waals surface area (Å²) in [5.41, 5.74) is 1.47. The zero-order chi connectivity index (χ0) is 33.4. The van der Waals surface area contributed by atoms with Crippen molar-refractivity contribution in [2.24, 2.45) is 22.4 Å². The molecule has 8 nitrogen and oxygen atoms in total. The number of amides is 2. The molecule has 0 aromatic heterocycles. The lowest BCUT2D eigenvalue weighted by molar-refractivity contribution is -0.130. The lowest BCUT2D eigenvalue weighted by Crippen LogP contribution is -2.40. The van der Waals surface area contributed by atoms with Gasteiger partial charge in [-0.2, -0.15) is 5.10 Å². The predicted molar refractivity (Wildman–Crippen MR) is 186 cm³/mol. The fourth-order valence-corrected chi connectivity index (χ4v) is 7.28. The molecule has 0 atom stereocenters. The number of hydrogen-bond acceptors (Lipinski definition) is 6. The first-order chi connectivity index (χ1) is 21.7. The summed E-state index contributed by atoms with van der Waals surface area (Å²) in [6.45, 7) is 15.0. The van der Waals surface area contributed by atoms with Gasteiger partial charge in [0.2, 0.25) is 11.7 Å². The number of nitrogens with zero attached hydrogens (tertiary/aromatic N) is 3. The van der Waals surface area contributed by atoms with Crippen LogP contribution in [0.25, 0.3) is 5.57 Å². The maximum absolute atomic E-state index is 13.8. The van der Waals surface area contributed by atoms with Gasteiger partial charge in [0.25, 0.3) is 5.91 Å². The molecule has 1 heterocycles. The fraction of sp³-hybridized carbons (Fsp3) is 0.632. The lowest BCUT2D eigenvalue weighted by Gasteiger charge is -2.31. The first-order valence-electron chi connectivity index (χ1n) is 17.6. The number of carbonyl (C=O) groups is 3. The molecule has 2 fully saturated rings. The summed E-state index contributed by atoms with van der Waals surface area (Å²) < 4.78 is 0. The zero-order valence-electron chi connectivity index (χ0n) is 29.1. The monoisotopic (exact) mass is 630 g/mol. The van der Waals surface area contributed by atoms with Gasteiger partial charge < -0.3 is 15.3 Å². The third kappa shape index (κ3) is 6.82. The topological polar surface area (TPSA) is 102 Å². The second kappa shape index (κ2) is 13.4. The Morgan fingerprint density at radius 3 is 1.98 bits per heavy atom. The number of aliphatic hydroxyl groups excluding tert-OH is 1. The molecule has 2 amide bonds. The second-order valence-electron chi connectivity index (χ2n) is 15.6. The molecule has 0 saturated heterocycles. The van der Waals surface area contributed by atoms with Crippen LogP contribution in [0.1, 0.15) is 125 Å². The number of nitrogens with one attached hydrogen (secondary N) is 1. The van der Waals surface area contributed by atoms with Gasteiger partial charge in [0.15, 0.2) is 0 Å². The number of carbonyl (C=O) groups excluding carboxylic acids is 3. The van der Waals surface area contributed by atoms with Crippen molar-refractivity contribution in [2.75, 3.05) is 23.3 Å². The Kier molecular flexibility index (Phi) is 9.86. The van der Waals surface area contributed by atoms with Crippen LogP contribution in [0.3, 0.4) is 0 Å². The minimum atomic E-state index is -0.620. The van der Waals surface area contributed by atoms with Crippen molar-refractivity contribution in [1.29, 1.82) is 0 Å². The Hall–Kier alpha value is -3.42. The van der Waals surface area contributed by atoms with Gasteiger partial charge in [0.05, 0.1) is 33.7 Å². The van der Waals surface area contributed by atoms with E-state index in [0.29, 0.717) is 23.4 Å². The highest BCUT2D eigenvalue weighted by molar-refractivity contribution is 6.44. The first kappa shape index (κ1) is 33.9. The van der Waals surface area contributed by atoms with Crippen molar-refractivity contribution >= 4 is 40.3 Å². The molecule has 2 saturated carbocycles. The fourth-order valence-electron chi connectivity index (χ4n) is 7.28. The Morgan fingerprint density at radius 1 is 0.935 bits per heavy atom. The smallest absolute Gasteiger partial charge is 0.277 e. The highest BCUT2D eigenvalue weighted by atomic mass is 16.3. The third-order valence-corrected chi connectivity index (χ3v) is 10.8. The Bertz CT molecular complexity index is 1450. The number of hydrazone groups is 1. The molecule has 1 aromatic rings. The summed E-state index contributed by atoms with van der Waals surface area (Å²) in [4.78, 5) is 43.1. The summed E-state index contributed by atoms with van der Waals surface area (Å²) in [5, 5.41) is 20.3. The molecule has 1 aliphatic heterocycles. The average Bonchev–Trinajstić information content (AvgIpc) is 3.78. The van der Waals surface area contributed by atoms with Crippen molar-refractivity contribution in [3.63, 3.8) is 0 Å². The number of allylic oxidation sites excluding steroid dienone is 2. The SMILES string of the molecule is CCC(C)(C)C(=O)Nc1cc(N(CCC2CCCC2)CCC2CCCC2)ccc1C1=C(O)C(=C2C(=O)N(C(C)(C)C)N=C2C)C1=O. The van der Waals surface area contributed by atoms with Crippen LogP contribution in [0.15, 0.2) is 40.2 Å². The molecule has 0 spiro atoms. The van der Waals surface area contributed by atoms with E-state index in [0.717, 1.165) is 43.5 Å². The van der Waals surface area contributed by atoms with Crippen LogP contribution < -0.4 is 10.2 Å². The number of aliphatic hydroxyl groups is 1. The van der Waals surface area contributed by atoms with Crippen molar-refractivity contribution in [3.05, 3.63) is 40.7 Å². The van der Waals surface area contributed by atoms with E-state index in [-0.39, 0.29) is 28.4 Å². The molecule has 4 aliphatic rings. The summed E-state index contributed by atoms with van der Waals surface area (Å²) in [5.74, 6) is 0.348. The molecule has 8 heteroatoms. The molecule has 5 rings (SSSR count). The van der Waals surface area contributed by atoms with Gasteiger partial charge in [-0.15, -0.1) is 0 Å². The van der Waals surface area contributed by atoms with E-state index in [1.807, 2.05) is 59.7 Å². The van der Waals surface area contributed by atoms with Gasteiger partial charge in [-0.3, -0.25) is 14.4 Å². The standard InChI is InChI=1S/C38H54N4O4/c1-8-38(6,7)36(46)39-29-23-27(41(21-19-25-13-9-10-14-25)22-20-26-15-11-12-16-26)17-18-28(29)31-33(43)32(34(31)44)30-24(2)40-42(35(30)45)37(3,4)5/h17-18,23,25-26,43H,8-16,19-22H2,1-7H3,(H,39,46). The summed E-state index contributed by atoms with van der Waals surface area (Å²) in [7, 11) is 0. The molecule has 46 heavy (non-hydrogen) atoms. The lowest BCUT2D eigenvalue weighted by atomic mass is 9.79. The van der Waals surface area contributed by atoms with Crippen LogP contribution in [0.2, 0.25) is 0 Å². The molecule has 250 valence electrons. The number of anilines is 2. The number of Topliss-reactive ketones (excluding diaryl/α,β-unsaturated/α-hetero) is 1. The summed E-state index contributed by atoms with van der Waals surface area (Å²) in [6, 6.07) is 5.86. The highest BCUT2D eigenvalue weighted by Gasteiger charge is 2.45. The van der Waals surface area contributed by atoms with Crippen LogP contribution in [-0.4, -0.2) is 52.1 Å². The molecule has 0 unspecified atom stereocenters. The highest BCUT2D eigenvalue weighted by Crippen LogP contribution is 2.44. The average molecular weight is 631 g/mol. The number of benzene rings is 1. The van der Waals surface area contributed by atoms with E-state index in [1.54, 1.807) is 6.92 Å². The van der Waals surface area contributed by atoms with Gasteiger partial charge in [-0.25, -0.2) is 5.01 Å². The van der Waals surface area contributed by atoms with E-state index in [2.05, 4.69) is 15.3 Å². The van der Waals surface area contributed by atoms with Crippen LogP contribution in [-0.2, 0) is 14.4 Å². The van der Waals surface area contributed by atoms with E-state index < -0.39 is 22.6 Å². The summed E-state index contributed by atoms with van der Waals surface area (Å²) in [6.07, 6.45) is 13.4. The van der Waals surface area contributed by atoms with Gasteiger partial charge in [0.1, 0.15) is 5.76 Å². The van der Waals surface area contributed by atoms with Crippen LogP contribution in [0, 0.1) is 17.3 Å². The van der Waals surface area contributed by atoms with Crippen molar-refractivity contribution in [2.45, 2.75) is 125 Å². The molecule has 1 aromatic carbocycles. The predicted octanol–water partition coefficient (Wildman–Crippen LogP) is 8.19. The van der Waals surface area contributed by atoms with Crippen LogP contribution in [0.5, 0.6) is 0 Å². The molecule has 2 N–H and O–H groups in total. The zero-order valence-corrected chi connectivity index (χ0v) is 29.1. The van der Waals surface area contributed by atoms with Gasteiger partial charge in [0, 0.05) is 29.8 Å². The van der Waals surface area contributed by atoms with Gasteiger partial charge >= 0.3 is 0 Å². The van der Waals surface area contributed by atoms with E-state index in [9.17, 15) is 19.5 Å². The normalized spacial score (nSPS) is 21.4. The molecule has 0 radical (unpaired) electrons. The largest absolute Gasteiger partial charge is 0.506 e. The molecule has 0 bridgehead atoms. The van der Waals surface area contributed by atoms with Crippen LogP contribution in [0.4, 0.5) is 11.4 Å². The van der Waals surface area contributed by atoms with Crippen molar-refractivity contribution < 1.29 is 19.5 Å². The number of ketones is 1. The van der Waals surface area contributed by atoms with Crippen molar-refractivity contribution in [3.8, 4) is 0 Å². The minimum absolute atomic E-state index is 0.00186. The maximum atomic E-state index is 13.8. The van der Waals surface area contributed by atoms with E-state index >= 15 is 0 Å². The van der Waals surface area contributed by atoms with Gasteiger partial charge in [-0.05, 0) is 77.0 Å². The van der Waals surface area contributed by atoms with E-state index in [4.69, 9.17) is 0 Å². The Balaban J connectivity index is 1.52. The maximum Gasteiger partial charge on any atom is 0.277 e. The van der Waals surface area contributed by atoms with Crippen molar-refractivity contribution in [1.82, 2.24) is 5.01 Å². The molecular weight excluding hydrogens is 576 g/mol. The van der Waals surface area contributed by atoms with Gasteiger partial charge in [-0.1, -0.05) is 72.1 Å².